The zero-order chi connectivity index (χ0) is 20.8. The van der Waals surface area contributed by atoms with Crippen LogP contribution in [0.25, 0.3) is 27.8 Å². The lowest BCUT2D eigenvalue weighted by atomic mass is 9.96. The molecule has 154 valence electrons. The van der Waals surface area contributed by atoms with Gasteiger partial charge in [-0.05, 0) is 31.4 Å². The molecule has 0 unspecified atom stereocenters. The molecule has 1 aliphatic rings. The van der Waals surface area contributed by atoms with Crippen LogP contribution in [0.5, 0.6) is 0 Å². The number of aryl methyl sites for hydroxylation is 1. The second-order valence-corrected chi connectivity index (χ2v) is 7.68. The van der Waals surface area contributed by atoms with Crippen molar-refractivity contribution in [3.05, 3.63) is 42.0 Å². The number of H-pyrrole nitrogens is 1. The van der Waals surface area contributed by atoms with E-state index in [0.29, 0.717) is 24.4 Å². The molecule has 1 aromatic carbocycles. The number of likely N-dealkylation sites (tertiary alicyclic amines) is 1. The minimum atomic E-state index is -0.290. The number of amides is 1. The molecule has 5 rings (SSSR count). The summed E-state index contributed by atoms with van der Waals surface area (Å²) in [6.07, 6.45) is 2.73. The number of piperidine rings is 1. The van der Waals surface area contributed by atoms with Gasteiger partial charge in [-0.25, -0.2) is 19.3 Å². The van der Waals surface area contributed by atoms with E-state index in [1.807, 2.05) is 6.07 Å². The largest absolute Gasteiger partial charge is 0.453 e. The molecule has 1 amide bonds. The Bertz CT molecular complexity index is 1250. The van der Waals surface area contributed by atoms with E-state index in [1.54, 1.807) is 9.42 Å². The van der Waals surface area contributed by atoms with Gasteiger partial charge in [-0.2, -0.15) is 5.10 Å². The number of nitrogens with one attached hydrogen (secondary N) is 1. The Morgan fingerprint density at radius 1 is 1.30 bits per heavy atom. The average Bonchev–Trinajstić information content (AvgIpc) is 3.37. The van der Waals surface area contributed by atoms with Crippen LogP contribution in [0.2, 0.25) is 0 Å². The van der Waals surface area contributed by atoms with Gasteiger partial charge in [0.15, 0.2) is 5.82 Å². The molecule has 3 aromatic heterocycles. The van der Waals surface area contributed by atoms with E-state index in [2.05, 4.69) is 40.2 Å². The van der Waals surface area contributed by atoms with Crippen molar-refractivity contribution in [3.8, 4) is 11.4 Å². The molecule has 0 spiro atoms. The summed E-state index contributed by atoms with van der Waals surface area (Å²) >= 11 is 0. The molecule has 1 fully saturated rings. The number of aromatic nitrogens is 5. The van der Waals surface area contributed by atoms with Crippen LogP contribution in [0.15, 0.2) is 30.6 Å². The third-order valence-corrected chi connectivity index (χ3v) is 5.90. The summed E-state index contributed by atoms with van der Waals surface area (Å²) in [6, 6.07) is 8.27. The van der Waals surface area contributed by atoms with Crippen LogP contribution in [0.1, 0.15) is 30.1 Å². The average molecular weight is 405 g/mol. The molecule has 9 nitrogen and oxygen atoms in total. The number of hydrogen-bond acceptors (Lipinski definition) is 6. The SMILES string of the molecule is COC(=O)N1CCC(c2nc(-c3cc4cccc(C)c4[nH]3)c3c(N)ncnn23)CC1. The Kier molecular flexibility index (Phi) is 4.30. The molecule has 0 radical (unpaired) electrons. The molecule has 1 aliphatic heterocycles. The van der Waals surface area contributed by atoms with Gasteiger partial charge in [0.25, 0.3) is 0 Å². The fraction of sp³-hybridized carbons (Fsp3) is 0.333. The van der Waals surface area contributed by atoms with E-state index in [-0.39, 0.29) is 12.0 Å². The molecule has 3 N–H and O–H groups in total. The van der Waals surface area contributed by atoms with Gasteiger partial charge in [-0.3, -0.25) is 0 Å². The number of nitrogens with two attached hydrogens (primary N) is 1. The number of benzene rings is 1. The Labute approximate surface area is 172 Å². The third kappa shape index (κ3) is 2.85. The second-order valence-electron chi connectivity index (χ2n) is 7.68. The van der Waals surface area contributed by atoms with Crippen molar-refractivity contribution in [3.63, 3.8) is 0 Å². The summed E-state index contributed by atoms with van der Waals surface area (Å²) in [5.74, 6) is 1.39. The Balaban J connectivity index is 1.59. The number of nitrogen functional groups attached to an aromatic ring is 1. The van der Waals surface area contributed by atoms with Crippen LogP contribution in [-0.4, -0.2) is 55.8 Å². The number of anilines is 1. The highest BCUT2D eigenvalue weighted by molar-refractivity contribution is 5.92. The highest BCUT2D eigenvalue weighted by atomic mass is 16.5. The number of hydrogen-bond donors (Lipinski definition) is 2. The van der Waals surface area contributed by atoms with Crippen LogP contribution in [0, 0.1) is 6.92 Å². The van der Waals surface area contributed by atoms with Gasteiger partial charge in [-0.1, -0.05) is 18.2 Å². The van der Waals surface area contributed by atoms with E-state index in [4.69, 9.17) is 15.5 Å². The van der Waals surface area contributed by atoms with Crippen LogP contribution >= 0.6 is 0 Å². The van der Waals surface area contributed by atoms with Crippen LogP contribution in [0.4, 0.5) is 10.6 Å². The molecule has 1 saturated heterocycles. The molecule has 4 aromatic rings. The van der Waals surface area contributed by atoms with Crippen LogP contribution in [0.3, 0.4) is 0 Å². The van der Waals surface area contributed by atoms with Crippen LogP contribution < -0.4 is 5.73 Å². The van der Waals surface area contributed by atoms with Crippen molar-refractivity contribution in [2.24, 2.45) is 0 Å². The van der Waals surface area contributed by atoms with Gasteiger partial charge < -0.3 is 20.4 Å². The zero-order valence-corrected chi connectivity index (χ0v) is 16.9. The minimum Gasteiger partial charge on any atom is -0.453 e. The smallest absolute Gasteiger partial charge is 0.409 e. The van der Waals surface area contributed by atoms with Gasteiger partial charge in [0.05, 0.1) is 12.8 Å². The molecule has 9 heteroatoms. The number of nitrogens with zero attached hydrogens (tertiary/aromatic N) is 5. The van der Waals surface area contributed by atoms with Gasteiger partial charge in [-0.15, -0.1) is 0 Å². The minimum absolute atomic E-state index is 0.160. The van der Waals surface area contributed by atoms with E-state index < -0.39 is 0 Å². The number of fused-ring (bicyclic) bond motifs is 2. The van der Waals surface area contributed by atoms with E-state index in [0.717, 1.165) is 41.0 Å². The van der Waals surface area contributed by atoms with Gasteiger partial charge in [0, 0.05) is 29.9 Å². The summed E-state index contributed by atoms with van der Waals surface area (Å²) in [4.78, 5) is 26.2. The molecular formula is C21H23N7O2. The summed E-state index contributed by atoms with van der Waals surface area (Å²) in [6.45, 7) is 3.31. The van der Waals surface area contributed by atoms with Crippen molar-refractivity contribution in [2.75, 3.05) is 25.9 Å². The quantitative estimate of drug-likeness (QED) is 0.530. The number of imidazole rings is 1. The summed E-state index contributed by atoms with van der Waals surface area (Å²) in [5.41, 5.74) is 10.8. The lowest BCUT2D eigenvalue weighted by molar-refractivity contribution is 0.111. The lowest BCUT2D eigenvalue weighted by Crippen LogP contribution is -2.38. The first kappa shape index (κ1) is 18.4. The molecular weight excluding hydrogens is 382 g/mol. The first-order chi connectivity index (χ1) is 14.6. The Morgan fingerprint density at radius 2 is 2.10 bits per heavy atom. The third-order valence-electron chi connectivity index (χ3n) is 5.90. The number of carbonyl (C=O) groups excluding carboxylic acids is 1. The van der Waals surface area contributed by atoms with Crippen molar-refractivity contribution >= 4 is 28.3 Å². The number of ether oxygens (including phenoxy) is 1. The van der Waals surface area contributed by atoms with Crippen LogP contribution in [-0.2, 0) is 4.74 Å². The fourth-order valence-electron chi connectivity index (χ4n) is 4.31. The number of aromatic amines is 1. The Hall–Kier alpha value is -3.62. The monoisotopic (exact) mass is 405 g/mol. The summed E-state index contributed by atoms with van der Waals surface area (Å²) < 4.78 is 6.64. The maximum absolute atomic E-state index is 11.8. The van der Waals surface area contributed by atoms with Crippen molar-refractivity contribution in [1.29, 1.82) is 0 Å². The highest BCUT2D eigenvalue weighted by Crippen LogP contribution is 2.35. The van der Waals surface area contributed by atoms with E-state index in [1.165, 1.54) is 19.0 Å². The highest BCUT2D eigenvalue weighted by Gasteiger charge is 2.29. The van der Waals surface area contributed by atoms with Crippen molar-refractivity contribution < 1.29 is 9.53 Å². The summed E-state index contributed by atoms with van der Waals surface area (Å²) in [5, 5.41) is 5.57. The number of rotatable bonds is 2. The number of carbonyl (C=O) groups is 1. The molecule has 0 bridgehead atoms. The topological polar surface area (TPSA) is 114 Å². The molecule has 0 saturated carbocycles. The van der Waals surface area contributed by atoms with Gasteiger partial charge >= 0.3 is 6.09 Å². The Morgan fingerprint density at radius 3 is 2.83 bits per heavy atom. The summed E-state index contributed by atoms with van der Waals surface area (Å²) in [7, 11) is 1.41. The van der Waals surface area contributed by atoms with E-state index in [9.17, 15) is 4.79 Å². The fourth-order valence-corrected chi connectivity index (χ4v) is 4.31. The molecule has 0 aliphatic carbocycles. The predicted molar refractivity (Wildman–Crippen MR) is 113 cm³/mol. The van der Waals surface area contributed by atoms with Gasteiger partial charge in [0.2, 0.25) is 0 Å². The second kappa shape index (κ2) is 7.01. The number of methoxy groups -OCH3 is 1. The van der Waals surface area contributed by atoms with Gasteiger partial charge in [0.1, 0.15) is 23.4 Å². The van der Waals surface area contributed by atoms with E-state index >= 15 is 0 Å². The zero-order valence-electron chi connectivity index (χ0n) is 16.9. The number of para-hydroxylation sites is 1. The van der Waals surface area contributed by atoms with Crippen molar-refractivity contribution in [1.82, 2.24) is 29.5 Å². The van der Waals surface area contributed by atoms with Crippen molar-refractivity contribution in [2.45, 2.75) is 25.7 Å². The molecule has 30 heavy (non-hydrogen) atoms. The first-order valence-corrected chi connectivity index (χ1v) is 9.97. The first-order valence-electron chi connectivity index (χ1n) is 9.97. The molecule has 0 atom stereocenters. The standard InChI is InChI=1S/C21H23N7O2/c1-12-4-3-5-14-10-15(25-16(12)14)17-18-19(22)23-11-24-28(18)20(26-17)13-6-8-27(9-7-13)21(29)30-2/h3-5,10-11,13,25H,6-9H2,1-2H3,(H2,22,23,24). The maximum Gasteiger partial charge on any atom is 0.409 e. The maximum atomic E-state index is 11.8. The lowest BCUT2D eigenvalue weighted by Gasteiger charge is -2.30. The predicted octanol–water partition coefficient (Wildman–Crippen LogP) is 3.11. The normalized spacial score (nSPS) is 15.2. The molecule has 4 heterocycles.